The first-order valence-corrected chi connectivity index (χ1v) is 13.5. The van der Waals surface area contributed by atoms with Crippen LogP contribution in [-0.4, -0.2) is 75.6 Å². The highest BCUT2D eigenvalue weighted by atomic mass is 16.2. The summed E-state index contributed by atoms with van der Waals surface area (Å²) in [6, 6.07) is 4.55. The van der Waals surface area contributed by atoms with Crippen molar-refractivity contribution in [2.24, 2.45) is 11.8 Å². The highest BCUT2D eigenvalue weighted by Gasteiger charge is 2.31. The van der Waals surface area contributed by atoms with Crippen molar-refractivity contribution < 1.29 is 19.2 Å². The number of rotatable bonds is 10. The second kappa shape index (κ2) is 15.4. The first kappa shape index (κ1) is 29.5. The van der Waals surface area contributed by atoms with E-state index in [0.717, 1.165) is 56.9 Å². The minimum atomic E-state index is -0.786. The van der Waals surface area contributed by atoms with E-state index in [1.807, 2.05) is 19.9 Å². The maximum atomic E-state index is 13.6. The van der Waals surface area contributed by atoms with Gasteiger partial charge < -0.3 is 25.2 Å². The fourth-order valence-electron chi connectivity index (χ4n) is 5.36. The summed E-state index contributed by atoms with van der Waals surface area (Å²) >= 11 is 0. The largest absolute Gasteiger partial charge is 0.371 e. The standard InChI is InChI=1S/C26H38N4O4.C2H6/c1-27-25(33)23(7-4-16-31)29(2)26(34)24-21(18-32)5-3-6-22(24)30-14-10-20(11-15-30)17-19-8-12-28-13-9-19;1-2/h3,5-6,16,18-20,23,28H,4,7-15,17H2,1-2H3,(H,27,33);1-2H3. The number of carbonyl (C=O) groups is 4. The molecule has 1 unspecified atom stereocenters. The molecule has 0 spiro atoms. The van der Waals surface area contributed by atoms with Gasteiger partial charge >= 0.3 is 0 Å². The van der Waals surface area contributed by atoms with E-state index in [-0.39, 0.29) is 24.7 Å². The number of amides is 2. The van der Waals surface area contributed by atoms with Crippen molar-refractivity contribution >= 4 is 30.1 Å². The van der Waals surface area contributed by atoms with Gasteiger partial charge in [-0.2, -0.15) is 0 Å². The van der Waals surface area contributed by atoms with Gasteiger partial charge in [-0.25, -0.2) is 0 Å². The van der Waals surface area contributed by atoms with Crippen molar-refractivity contribution in [3.8, 4) is 0 Å². The summed E-state index contributed by atoms with van der Waals surface area (Å²) in [4.78, 5) is 52.4. The Kier molecular flexibility index (Phi) is 12.6. The molecular formula is C28H44N4O4. The van der Waals surface area contributed by atoms with Crippen molar-refractivity contribution in [1.29, 1.82) is 0 Å². The lowest BCUT2D eigenvalue weighted by atomic mass is 9.83. The van der Waals surface area contributed by atoms with Gasteiger partial charge in [0.05, 0.1) is 11.3 Å². The summed E-state index contributed by atoms with van der Waals surface area (Å²) in [5.41, 5.74) is 1.39. The van der Waals surface area contributed by atoms with Crippen LogP contribution in [0.3, 0.4) is 0 Å². The maximum absolute atomic E-state index is 13.6. The van der Waals surface area contributed by atoms with Crippen LogP contribution in [0.5, 0.6) is 0 Å². The zero-order chi connectivity index (χ0) is 26.5. The maximum Gasteiger partial charge on any atom is 0.257 e. The lowest BCUT2D eigenvalue weighted by Crippen LogP contribution is -2.47. The quantitative estimate of drug-likeness (QED) is 0.479. The molecule has 0 saturated carbocycles. The van der Waals surface area contributed by atoms with Gasteiger partial charge in [0.2, 0.25) is 5.91 Å². The Morgan fingerprint density at radius 1 is 1.11 bits per heavy atom. The van der Waals surface area contributed by atoms with Gasteiger partial charge in [0.25, 0.3) is 5.91 Å². The number of piperidine rings is 2. The molecule has 0 aromatic heterocycles. The number of nitrogens with zero attached hydrogens (tertiary/aromatic N) is 2. The Labute approximate surface area is 216 Å². The lowest BCUT2D eigenvalue weighted by Gasteiger charge is -2.37. The van der Waals surface area contributed by atoms with Gasteiger partial charge in [-0.15, -0.1) is 0 Å². The number of carbonyl (C=O) groups excluding carboxylic acids is 4. The van der Waals surface area contributed by atoms with E-state index in [4.69, 9.17) is 0 Å². The van der Waals surface area contributed by atoms with E-state index in [0.29, 0.717) is 23.3 Å². The fraction of sp³-hybridized carbons (Fsp3) is 0.643. The molecule has 2 N–H and O–H groups in total. The lowest BCUT2D eigenvalue weighted by molar-refractivity contribution is -0.125. The number of benzene rings is 1. The van der Waals surface area contributed by atoms with E-state index in [1.54, 1.807) is 19.2 Å². The van der Waals surface area contributed by atoms with Crippen molar-refractivity contribution in [1.82, 2.24) is 15.5 Å². The van der Waals surface area contributed by atoms with Gasteiger partial charge in [-0.3, -0.25) is 14.4 Å². The minimum Gasteiger partial charge on any atom is -0.371 e. The summed E-state index contributed by atoms with van der Waals surface area (Å²) in [5.74, 6) is 0.780. The predicted molar refractivity (Wildman–Crippen MR) is 144 cm³/mol. The number of nitrogens with one attached hydrogen (secondary N) is 2. The molecule has 0 aliphatic carbocycles. The van der Waals surface area contributed by atoms with Crippen LogP contribution in [0.4, 0.5) is 5.69 Å². The third-order valence-electron chi connectivity index (χ3n) is 7.39. The van der Waals surface area contributed by atoms with Crippen LogP contribution in [0.2, 0.25) is 0 Å². The van der Waals surface area contributed by atoms with Crippen LogP contribution in [0.1, 0.15) is 79.5 Å². The number of hydrogen-bond acceptors (Lipinski definition) is 6. The number of anilines is 1. The van der Waals surface area contributed by atoms with E-state index in [9.17, 15) is 19.2 Å². The Balaban J connectivity index is 0.00000222. The molecular weight excluding hydrogens is 456 g/mol. The summed E-state index contributed by atoms with van der Waals surface area (Å²) in [6.07, 6.45) is 7.75. The third kappa shape index (κ3) is 7.63. The Bertz CT molecular complexity index is 861. The molecule has 0 radical (unpaired) electrons. The molecule has 2 heterocycles. The molecule has 2 aliphatic heterocycles. The average Bonchev–Trinajstić information content (AvgIpc) is 2.94. The molecule has 8 heteroatoms. The minimum absolute atomic E-state index is 0.169. The van der Waals surface area contributed by atoms with Crippen LogP contribution in [0, 0.1) is 11.8 Å². The highest BCUT2D eigenvalue weighted by Crippen LogP contribution is 2.33. The molecule has 3 rings (SSSR count). The van der Waals surface area contributed by atoms with E-state index >= 15 is 0 Å². The summed E-state index contributed by atoms with van der Waals surface area (Å²) < 4.78 is 0. The molecule has 1 aromatic carbocycles. The molecule has 2 saturated heterocycles. The summed E-state index contributed by atoms with van der Waals surface area (Å²) in [7, 11) is 3.07. The van der Waals surface area contributed by atoms with Crippen LogP contribution in [0.25, 0.3) is 0 Å². The molecule has 1 atom stereocenters. The topological polar surface area (TPSA) is 98.8 Å². The average molecular weight is 501 g/mol. The van der Waals surface area contributed by atoms with Gasteiger partial charge in [0.1, 0.15) is 12.3 Å². The van der Waals surface area contributed by atoms with Crippen LogP contribution in [0.15, 0.2) is 18.2 Å². The Morgan fingerprint density at radius 2 is 1.75 bits per heavy atom. The predicted octanol–water partition coefficient (Wildman–Crippen LogP) is 3.30. The van der Waals surface area contributed by atoms with Gasteiger partial charge in [-0.05, 0) is 69.5 Å². The number of likely N-dealkylation sites (N-methyl/N-ethyl adjacent to an activating group) is 2. The van der Waals surface area contributed by atoms with Crippen LogP contribution >= 0.6 is 0 Å². The second-order valence-electron chi connectivity index (χ2n) is 9.51. The molecule has 200 valence electrons. The van der Waals surface area contributed by atoms with Crippen molar-refractivity contribution in [2.75, 3.05) is 45.2 Å². The number of hydrogen-bond donors (Lipinski definition) is 2. The highest BCUT2D eigenvalue weighted by molar-refractivity contribution is 6.07. The molecule has 8 nitrogen and oxygen atoms in total. The molecule has 1 aromatic rings. The van der Waals surface area contributed by atoms with Crippen molar-refractivity contribution in [3.63, 3.8) is 0 Å². The number of aldehydes is 2. The van der Waals surface area contributed by atoms with Gasteiger partial charge in [0, 0.05) is 39.2 Å². The summed E-state index contributed by atoms with van der Waals surface area (Å²) in [6.45, 7) is 7.91. The summed E-state index contributed by atoms with van der Waals surface area (Å²) in [5, 5.41) is 6.01. The van der Waals surface area contributed by atoms with Gasteiger partial charge in [0.15, 0.2) is 6.29 Å². The van der Waals surface area contributed by atoms with E-state index in [1.165, 1.54) is 31.2 Å². The first-order valence-electron chi connectivity index (χ1n) is 13.5. The Morgan fingerprint density at radius 3 is 2.33 bits per heavy atom. The molecule has 2 fully saturated rings. The monoisotopic (exact) mass is 500 g/mol. The second-order valence-corrected chi connectivity index (χ2v) is 9.51. The van der Waals surface area contributed by atoms with Crippen LogP contribution < -0.4 is 15.5 Å². The van der Waals surface area contributed by atoms with Crippen LogP contribution in [-0.2, 0) is 9.59 Å². The fourth-order valence-corrected chi connectivity index (χ4v) is 5.36. The Hall–Kier alpha value is -2.74. The first-order chi connectivity index (χ1) is 17.5. The zero-order valence-electron chi connectivity index (χ0n) is 22.4. The molecule has 2 aliphatic rings. The zero-order valence-corrected chi connectivity index (χ0v) is 22.4. The third-order valence-corrected chi connectivity index (χ3v) is 7.39. The smallest absolute Gasteiger partial charge is 0.257 e. The molecule has 36 heavy (non-hydrogen) atoms. The van der Waals surface area contributed by atoms with Crippen molar-refractivity contribution in [2.45, 2.75) is 64.8 Å². The normalized spacial score (nSPS) is 17.4. The molecule has 2 amide bonds. The van der Waals surface area contributed by atoms with Gasteiger partial charge in [-0.1, -0.05) is 26.0 Å². The SMILES string of the molecule is CC.CNC(=O)C(CCC=O)N(C)C(=O)c1c(C=O)cccc1N1CCC(CC2CCNCC2)CC1. The van der Waals surface area contributed by atoms with E-state index in [2.05, 4.69) is 15.5 Å². The van der Waals surface area contributed by atoms with Crippen molar-refractivity contribution in [3.05, 3.63) is 29.3 Å². The van der Waals surface area contributed by atoms with E-state index < -0.39 is 6.04 Å². The molecule has 0 bridgehead atoms.